The molecule has 1 aliphatic rings. The fourth-order valence-electron chi connectivity index (χ4n) is 2.30. The Morgan fingerprint density at radius 2 is 2.10 bits per heavy atom. The number of halogens is 2. The Bertz CT molecular complexity index is 475. The summed E-state index contributed by atoms with van der Waals surface area (Å²) in [6, 6.07) is 2.83. The van der Waals surface area contributed by atoms with Crippen molar-refractivity contribution in [3.63, 3.8) is 0 Å². The summed E-state index contributed by atoms with van der Waals surface area (Å²) >= 11 is 0. The maximum Gasteiger partial charge on any atom is 0.352 e. The number of amides is 1. The number of nitrogens with one attached hydrogen (secondary N) is 1. The van der Waals surface area contributed by atoms with Crippen LogP contribution in [0.1, 0.15) is 44.2 Å². The van der Waals surface area contributed by atoms with Crippen LogP contribution in [0.2, 0.25) is 0 Å². The quantitative estimate of drug-likeness (QED) is 0.871. The molecular formula is C14H18F2N2O2. The van der Waals surface area contributed by atoms with Crippen molar-refractivity contribution in [3.8, 4) is 0 Å². The van der Waals surface area contributed by atoms with Gasteiger partial charge < -0.3 is 10.4 Å². The molecule has 2 N–H and O–H groups in total. The lowest BCUT2D eigenvalue weighted by Gasteiger charge is -2.41. The third kappa shape index (κ3) is 2.52. The number of aliphatic hydroxyl groups is 1. The van der Waals surface area contributed by atoms with E-state index in [2.05, 4.69) is 10.3 Å². The van der Waals surface area contributed by atoms with Gasteiger partial charge in [-0.3, -0.25) is 9.78 Å². The molecule has 4 nitrogen and oxygen atoms in total. The predicted octanol–water partition coefficient (Wildman–Crippen LogP) is 2.20. The minimum Gasteiger partial charge on any atom is -0.383 e. The molecule has 0 bridgehead atoms. The SMILES string of the molecule is CCC(NC(=O)C(F)(F)C1(O)CCC1)c1ccncc1. The molecule has 0 aromatic carbocycles. The van der Waals surface area contributed by atoms with Gasteiger partial charge in [-0.15, -0.1) is 0 Å². The first-order valence-electron chi connectivity index (χ1n) is 6.72. The van der Waals surface area contributed by atoms with Crippen LogP contribution in [-0.4, -0.2) is 27.5 Å². The number of aromatic nitrogens is 1. The molecular weight excluding hydrogens is 266 g/mol. The Kier molecular flexibility index (Phi) is 4.04. The lowest BCUT2D eigenvalue weighted by Crippen LogP contribution is -2.60. The van der Waals surface area contributed by atoms with Crippen molar-refractivity contribution in [2.24, 2.45) is 0 Å². The monoisotopic (exact) mass is 284 g/mol. The van der Waals surface area contributed by atoms with E-state index in [0.717, 1.165) is 0 Å². The molecule has 1 aliphatic carbocycles. The van der Waals surface area contributed by atoms with E-state index in [1.165, 1.54) is 0 Å². The molecule has 6 heteroatoms. The summed E-state index contributed by atoms with van der Waals surface area (Å²) in [5.74, 6) is -5.17. The summed E-state index contributed by atoms with van der Waals surface area (Å²) < 4.78 is 28.0. The molecule has 0 aliphatic heterocycles. The maximum absolute atomic E-state index is 14.0. The molecule has 1 heterocycles. The van der Waals surface area contributed by atoms with Crippen molar-refractivity contribution in [3.05, 3.63) is 30.1 Å². The second-order valence-corrected chi connectivity index (χ2v) is 5.17. The van der Waals surface area contributed by atoms with E-state index < -0.39 is 23.5 Å². The lowest BCUT2D eigenvalue weighted by molar-refractivity contribution is -0.216. The van der Waals surface area contributed by atoms with Crippen molar-refractivity contribution in [1.82, 2.24) is 10.3 Å². The highest BCUT2D eigenvalue weighted by atomic mass is 19.3. The lowest BCUT2D eigenvalue weighted by atomic mass is 9.75. The van der Waals surface area contributed by atoms with Crippen LogP contribution in [0.3, 0.4) is 0 Å². The molecule has 1 aromatic heterocycles. The van der Waals surface area contributed by atoms with Crippen LogP contribution in [0.25, 0.3) is 0 Å². The molecule has 110 valence electrons. The molecule has 1 fully saturated rings. The Morgan fingerprint density at radius 3 is 2.55 bits per heavy atom. The first kappa shape index (κ1) is 14.8. The van der Waals surface area contributed by atoms with Crippen molar-refractivity contribution in [2.45, 2.75) is 50.2 Å². The van der Waals surface area contributed by atoms with E-state index >= 15 is 0 Å². The maximum atomic E-state index is 14.0. The van der Waals surface area contributed by atoms with Gasteiger partial charge in [0.2, 0.25) is 0 Å². The normalized spacial score (nSPS) is 19.0. The van der Waals surface area contributed by atoms with Crippen LogP contribution in [-0.2, 0) is 4.79 Å². The molecule has 1 aromatic rings. The van der Waals surface area contributed by atoms with Crippen LogP contribution in [0.4, 0.5) is 8.78 Å². The number of alkyl halides is 2. The zero-order chi connectivity index (χ0) is 14.8. The Morgan fingerprint density at radius 1 is 1.50 bits per heavy atom. The van der Waals surface area contributed by atoms with Gasteiger partial charge in [-0.1, -0.05) is 6.92 Å². The van der Waals surface area contributed by atoms with E-state index in [0.29, 0.717) is 18.4 Å². The van der Waals surface area contributed by atoms with Gasteiger partial charge in [0.25, 0.3) is 5.91 Å². The average molecular weight is 284 g/mol. The molecule has 1 unspecified atom stereocenters. The highest BCUT2D eigenvalue weighted by Gasteiger charge is 2.61. The molecule has 1 amide bonds. The summed E-state index contributed by atoms with van der Waals surface area (Å²) in [6.07, 6.45) is 3.99. The summed E-state index contributed by atoms with van der Waals surface area (Å²) in [5.41, 5.74) is -1.47. The van der Waals surface area contributed by atoms with E-state index in [-0.39, 0.29) is 12.8 Å². The minimum atomic E-state index is -3.76. The zero-order valence-electron chi connectivity index (χ0n) is 11.3. The van der Waals surface area contributed by atoms with Crippen molar-refractivity contribution >= 4 is 5.91 Å². The van der Waals surface area contributed by atoms with Crippen molar-refractivity contribution in [1.29, 1.82) is 0 Å². The van der Waals surface area contributed by atoms with Gasteiger partial charge in [0.05, 0.1) is 6.04 Å². The van der Waals surface area contributed by atoms with E-state index in [4.69, 9.17) is 0 Å². The number of carbonyl (C=O) groups excluding carboxylic acids is 1. The number of hydrogen-bond donors (Lipinski definition) is 2. The number of carbonyl (C=O) groups is 1. The van der Waals surface area contributed by atoms with Gasteiger partial charge in [-0.05, 0) is 43.4 Å². The van der Waals surface area contributed by atoms with E-state index in [1.54, 1.807) is 31.5 Å². The third-order valence-corrected chi connectivity index (χ3v) is 3.87. The van der Waals surface area contributed by atoms with Crippen LogP contribution >= 0.6 is 0 Å². The van der Waals surface area contributed by atoms with Crippen molar-refractivity contribution < 1.29 is 18.7 Å². The summed E-state index contributed by atoms with van der Waals surface area (Å²) in [6.45, 7) is 1.79. The number of hydrogen-bond acceptors (Lipinski definition) is 3. The molecule has 0 saturated heterocycles. The van der Waals surface area contributed by atoms with Crippen LogP contribution in [0.15, 0.2) is 24.5 Å². The highest BCUT2D eigenvalue weighted by Crippen LogP contribution is 2.44. The average Bonchev–Trinajstić information content (AvgIpc) is 2.42. The fraction of sp³-hybridized carbons (Fsp3) is 0.571. The molecule has 1 atom stereocenters. The second-order valence-electron chi connectivity index (χ2n) is 5.17. The standard InChI is InChI=1S/C14H18F2N2O2/c1-2-11(10-4-8-17-9-5-10)18-12(19)14(15,16)13(20)6-3-7-13/h4-5,8-9,11,20H,2-3,6-7H2,1H3,(H,18,19). The van der Waals surface area contributed by atoms with Gasteiger partial charge in [-0.2, -0.15) is 8.78 Å². The van der Waals surface area contributed by atoms with Crippen molar-refractivity contribution in [2.75, 3.05) is 0 Å². The summed E-state index contributed by atoms with van der Waals surface area (Å²) in [5, 5.41) is 12.1. The number of rotatable bonds is 5. The van der Waals surface area contributed by atoms with Crippen LogP contribution in [0.5, 0.6) is 0 Å². The van der Waals surface area contributed by atoms with Gasteiger partial charge in [-0.25, -0.2) is 0 Å². The molecule has 0 radical (unpaired) electrons. The third-order valence-electron chi connectivity index (χ3n) is 3.87. The van der Waals surface area contributed by atoms with Gasteiger partial charge >= 0.3 is 5.92 Å². The van der Waals surface area contributed by atoms with E-state index in [9.17, 15) is 18.7 Å². The zero-order valence-corrected chi connectivity index (χ0v) is 11.3. The Balaban J connectivity index is 2.10. The minimum absolute atomic E-state index is 0.0422. The number of nitrogens with zero attached hydrogens (tertiary/aromatic N) is 1. The molecule has 1 saturated carbocycles. The largest absolute Gasteiger partial charge is 0.383 e. The molecule has 0 spiro atoms. The molecule has 2 rings (SSSR count). The van der Waals surface area contributed by atoms with Crippen LogP contribution < -0.4 is 5.32 Å². The second kappa shape index (κ2) is 5.44. The van der Waals surface area contributed by atoms with E-state index in [1.807, 2.05) is 0 Å². The topological polar surface area (TPSA) is 62.2 Å². The Labute approximate surface area is 116 Å². The van der Waals surface area contributed by atoms with Gasteiger partial charge in [0, 0.05) is 12.4 Å². The fourth-order valence-corrected chi connectivity index (χ4v) is 2.30. The smallest absolute Gasteiger partial charge is 0.352 e. The Hall–Kier alpha value is -1.56. The van der Waals surface area contributed by atoms with Gasteiger partial charge in [0.15, 0.2) is 0 Å². The first-order valence-corrected chi connectivity index (χ1v) is 6.72. The highest BCUT2D eigenvalue weighted by molar-refractivity contribution is 5.85. The summed E-state index contributed by atoms with van der Waals surface area (Å²) in [4.78, 5) is 15.7. The number of pyridine rings is 1. The van der Waals surface area contributed by atoms with Gasteiger partial charge in [0.1, 0.15) is 5.60 Å². The predicted molar refractivity (Wildman–Crippen MR) is 69.2 cm³/mol. The van der Waals surface area contributed by atoms with Crippen LogP contribution in [0, 0.1) is 0 Å². The first-order chi connectivity index (χ1) is 9.40. The molecule has 20 heavy (non-hydrogen) atoms. The summed E-state index contributed by atoms with van der Waals surface area (Å²) in [7, 11) is 0.